The fourth-order valence-corrected chi connectivity index (χ4v) is 2.73. The van der Waals surface area contributed by atoms with Crippen LogP contribution in [-0.4, -0.2) is 11.9 Å². The molecule has 2 aromatic carbocycles. The molecule has 2 rings (SSSR count). The summed E-state index contributed by atoms with van der Waals surface area (Å²) < 4.78 is 0. The maximum Gasteiger partial charge on any atom is 0.326 e. The van der Waals surface area contributed by atoms with E-state index < -0.39 is 11.9 Å². The Bertz CT molecular complexity index is 712. The lowest BCUT2D eigenvalue weighted by atomic mass is 10.1. The van der Waals surface area contributed by atoms with E-state index >= 15 is 0 Å². The van der Waals surface area contributed by atoms with Crippen molar-refractivity contribution in [3.8, 4) is 0 Å². The highest BCUT2D eigenvalue weighted by atomic mass is 35.5. The molecule has 0 radical (unpaired) electrons. The zero-order valence-corrected chi connectivity index (χ0v) is 14.0. The summed E-state index contributed by atoms with van der Waals surface area (Å²) in [5.74, 6) is -0.647. The zero-order valence-electron chi connectivity index (χ0n) is 12.5. The predicted molar refractivity (Wildman–Crippen MR) is 93.4 cm³/mol. The van der Waals surface area contributed by atoms with Gasteiger partial charge in [0.05, 0.1) is 15.6 Å². The summed E-state index contributed by atoms with van der Waals surface area (Å²) in [4.78, 5) is 24.2. The third-order valence-corrected chi connectivity index (χ3v) is 3.83. The van der Waals surface area contributed by atoms with Gasteiger partial charge >= 0.3 is 6.03 Å². The van der Waals surface area contributed by atoms with Crippen molar-refractivity contribution in [3.05, 3.63) is 63.6 Å². The summed E-state index contributed by atoms with van der Waals surface area (Å²) >= 11 is 11.9. The molecule has 2 N–H and O–H groups in total. The first-order valence-corrected chi connectivity index (χ1v) is 7.92. The Morgan fingerprint density at radius 2 is 1.65 bits per heavy atom. The minimum atomic E-state index is -0.647. The molecule has 6 heteroatoms. The minimum Gasteiger partial charge on any atom is -0.307 e. The summed E-state index contributed by atoms with van der Waals surface area (Å²) in [5, 5.41) is 5.29. The third kappa shape index (κ3) is 4.47. The Labute approximate surface area is 144 Å². The Kier molecular flexibility index (Phi) is 6.02. The van der Waals surface area contributed by atoms with E-state index in [1.807, 2.05) is 18.2 Å². The topological polar surface area (TPSA) is 58.2 Å². The van der Waals surface area contributed by atoms with Gasteiger partial charge in [-0.1, -0.05) is 60.8 Å². The molecule has 2 aromatic rings. The second-order valence-electron chi connectivity index (χ2n) is 4.91. The van der Waals surface area contributed by atoms with Crippen LogP contribution in [0.4, 0.5) is 10.5 Å². The molecular formula is C17H16Cl2N2O2. The molecule has 0 saturated heterocycles. The fraction of sp³-hybridized carbons (Fsp3) is 0.176. The Balaban J connectivity index is 2.10. The number of aryl methyl sites for hydroxylation is 1. The molecule has 0 bridgehead atoms. The number of hydrogen-bond acceptors (Lipinski definition) is 2. The smallest absolute Gasteiger partial charge is 0.307 e. The normalized spacial score (nSPS) is 10.2. The number of rotatable bonds is 4. The molecular weight excluding hydrogens is 335 g/mol. The van der Waals surface area contributed by atoms with Crippen LogP contribution in [0.25, 0.3) is 0 Å². The second kappa shape index (κ2) is 7.99. The molecule has 3 amide bonds. The van der Waals surface area contributed by atoms with Gasteiger partial charge in [-0.2, -0.15) is 0 Å². The van der Waals surface area contributed by atoms with Crippen molar-refractivity contribution in [2.75, 3.05) is 5.32 Å². The number of benzene rings is 2. The zero-order chi connectivity index (χ0) is 16.8. The number of hydrogen-bond donors (Lipinski definition) is 2. The summed E-state index contributed by atoms with van der Waals surface area (Å²) in [6, 6.07) is 11.5. The van der Waals surface area contributed by atoms with Crippen molar-refractivity contribution in [1.82, 2.24) is 5.32 Å². The van der Waals surface area contributed by atoms with Gasteiger partial charge in [-0.15, -0.1) is 0 Å². The van der Waals surface area contributed by atoms with Crippen LogP contribution in [0, 0.1) is 0 Å². The van der Waals surface area contributed by atoms with Gasteiger partial charge in [-0.25, -0.2) is 4.79 Å². The molecule has 0 unspecified atom stereocenters. The van der Waals surface area contributed by atoms with E-state index in [1.54, 1.807) is 12.1 Å². The Morgan fingerprint density at radius 3 is 2.30 bits per heavy atom. The molecule has 0 aromatic heterocycles. The van der Waals surface area contributed by atoms with Crippen LogP contribution in [0.5, 0.6) is 0 Å². The largest absolute Gasteiger partial charge is 0.326 e. The van der Waals surface area contributed by atoms with Crippen LogP contribution in [0.3, 0.4) is 0 Å². The highest BCUT2D eigenvalue weighted by Crippen LogP contribution is 2.24. The van der Waals surface area contributed by atoms with E-state index in [1.165, 1.54) is 12.1 Å². The number of amides is 3. The van der Waals surface area contributed by atoms with E-state index in [2.05, 4.69) is 17.6 Å². The SMILES string of the molecule is CCCc1ccccc1NC(=O)NC(=O)c1c(Cl)cccc1Cl. The van der Waals surface area contributed by atoms with Gasteiger partial charge in [-0.3, -0.25) is 10.1 Å². The van der Waals surface area contributed by atoms with E-state index in [-0.39, 0.29) is 15.6 Å². The minimum absolute atomic E-state index is 0.0767. The Morgan fingerprint density at radius 1 is 1.00 bits per heavy atom. The molecule has 0 aliphatic carbocycles. The van der Waals surface area contributed by atoms with Crippen molar-refractivity contribution in [2.24, 2.45) is 0 Å². The van der Waals surface area contributed by atoms with E-state index in [4.69, 9.17) is 23.2 Å². The molecule has 0 fully saturated rings. The second-order valence-corrected chi connectivity index (χ2v) is 5.73. The number of anilines is 1. The number of halogens is 2. The summed E-state index contributed by atoms with van der Waals surface area (Å²) in [6.07, 6.45) is 1.79. The average Bonchev–Trinajstić information content (AvgIpc) is 2.49. The van der Waals surface area contributed by atoms with Crippen LogP contribution in [0.15, 0.2) is 42.5 Å². The maximum atomic E-state index is 12.2. The van der Waals surface area contributed by atoms with E-state index in [0.29, 0.717) is 5.69 Å². The van der Waals surface area contributed by atoms with Crippen LogP contribution < -0.4 is 10.6 Å². The van der Waals surface area contributed by atoms with Crippen LogP contribution in [0.1, 0.15) is 29.3 Å². The van der Waals surface area contributed by atoms with Gasteiger partial charge < -0.3 is 5.32 Å². The van der Waals surface area contributed by atoms with Crippen LogP contribution >= 0.6 is 23.2 Å². The van der Waals surface area contributed by atoms with Gasteiger partial charge in [0, 0.05) is 5.69 Å². The monoisotopic (exact) mass is 350 g/mol. The number of carbonyl (C=O) groups is 2. The van der Waals surface area contributed by atoms with Crippen molar-refractivity contribution in [2.45, 2.75) is 19.8 Å². The van der Waals surface area contributed by atoms with Crippen molar-refractivity contribution in [3.63, 3.8) is 0 Å². The molecule has 0 aliphatic rings. The average molecular weight is 351 g/mol. The fourth-order valence-electron chi connectivity index (χ4n) is 2.16. The summed E-state index contributed by atoms with van der Waals surface area (Å²) in [6.45, 7) is 2.06. The number of para-hydroxylation sites is 1. The molecule has 120 valence electrons. The van der Waals surface area contributed by atoms with Crippen molar-refractivity contribution in [1.29, 1.82) is 0 Å². The molecule has 4 nitrogen and oxygen atoms in total. The van der Waals surface area contributed by atoms with Crippen LogP contribution in [0.2, 0.25) is 10.0 Å². The van der Waals surface area contributed by atoms with Crippen molar-refractivity contribution >= 4 is 40.8 Å². The van der Waals surface area contributed by atoms with Gasteiger partial charge in [0.15, 0.2) is 0 Å². The molecule has 0 heterocycles. The molecule has 23 heavy (non-hydrogen) atoms. The maximum absolute atomic E-state index is 12.2. The summed E-state index contributed by atoms with van der Waals surface area (Å²) in [7, 11) is 0. The standard InChI is InChI=1S/C17H16Cl2N2O2/c1-2-6-11-7-3-4-10-14(11)20-17(23)21-16(22)15-12(18)8-5-9-13(15)19/h3-5,7-10H,2,6H2,1H3,(H2,20,21,22,23). The highest BCUT2D eigenvalue weighted by Gasteiger charge is 2.17. The quantitative estimate of drug-likeness (QED) is 0.822. The van der Waals surface area contributed by atoms with Gasteiger partial charge in [0.25, 0.3) is 5.91 Å². The lowest BCUT2D eigenvalue weighted by Crippen LogP contribution is -2.34. The highest BCUT2D eigenvalue weighted by molar-refractivity contribution is 6.40. The number of imide groups is 1. The first-order valence-electron chi connectivity index (χ1n) is 7.17. The van der Waals surface area contributed by atoms with Crippen LogP contribution in [-0.2, 0) is 6.42 Å². The van der Waals surface area contributed by atoms with E-state index in [9.17, 15) is 9.59 Å². The number of urea groups is 1. The number of nitrogens with one attached hydrogen (secondary N) is 2. The van der Waals surface area contributed by atoms with Gasteiger partial charge in [0.1, 0.15) is 0 Å². The van der Waals surface area contributed by atoms with Gasteiger partial charge in [-0.05, 0) is 30.2 Å². The first-order chi connectivity index (χ1) is 11.0. The van der Waals surface area contributed by atoms with E-state index in [0.717, 1.165) is 18.4 Å². The van der Waals surface area contributed by atoms with Crippen molar-refractivity contribution < 1.29 is 9.59 Å². The third-order valence-electron chi connectivity index (χ3n) is 3.20. The molecule has 0 spiro atoms. The molecule has 0 atom stereocenters. The van der Waals surface area contributed by atoms with Gasteiger partial charge in [0.2, 0.25) is 0 Å². The number of carbonyl (C=O) groups excluding carboxylic acids is 2. The molecule has 0 aliphatic heterocycles. The Hall–Kier alpha value is -2.04. The lowest BCUT2D eigenvalue weighted by Gasteiger charge is -2.12. The lowest BCUT2D eigenvalue weighted by molar-refractivity contribution is 0.0967. The molecule has 0 saturated carbocycles. The summed E-state index contributed by atoms with van der Waals surface area (Å²) in [5.41, 5.74) is 1.76. The predicted octanol–water partition coefficient (Wildman–Crippen LogP) is 4.91. The first kappa shape index (κ1) is 17.3.